The largest absolute Gasteiger partial charge is 0.353 e. The van der Waals surface area contributed by atoms with Crippen LogP contribution in [-0.2, 0) is 14.2 Å². The summed E-state index contributed by atoms with van der Waals surface area (Å²) in [5.74, 6) is 9.82. The van der Waals surface area contributed by atoms with Crippen molar-refractivity contribution in [2.24, 2.45) is 71.0 Å². The predicted molar refractivity (Wildman–Crippen MR) is 309 cm³/mol. The van der Waals surface area contributed by atoms with Crippen LogP contribution in [0.3, 0.4) is 0 Å². The fraction of sp³-hybridized carbons (Fsp3) is 1.00. The Labute approximate surface area is 438 Å². The minimum absolute atomic E-state index is 0.159. The third kappa shape index (κ3) is 41.6. The Hall–Kier alpha value is 1.34. The van der Waals surface area contributed by atoms with E-state index < -0.39 is 0 Å². The second-order valence-electron chi connectivity index (χ2n) is 24.0. The normalized spacial score (nSPS) is 18.8. The Balaban J connectivity index is 5.12. The molecule has 65 heavy (non-hydrogen) atoms. The third-order valence-electron chi connectivity index (χ3n) is 14.9. The van der Waals surface area contributed by atoms with Gasteiger partial charge in [-0.25, -0.2) is 0 Å². The summed E-state index contributed by atoms with van der Waals surface area (Å²) in [5, 5.41) is 0. The lowest BCUT2D eigenvalue weighted by molar-refractivity contribution is -0.250. The first kappa shape index (κ1) is 66.3. The Morgan fingerprint density at radius 1 is 0.277 bits per heavy atom. The fourth-order valence-corrected chi connectivity index (χ4v) is 13.1. The number of halogens is 2. The summed E-state index contributed by atoms with van der Waals surface area (Å²) in [6.45, 7) is 36.2. The molecule has 0 aliphatic carbocycles. The quantitative estimate of drug-likeness (QED) is 0.0263. The Morgan fingerprint density at radius 2 is 0.523 bits per heavy atom. The summed E-state index contributed by atoms with van der Waals surface area (Å²) in [4.78, 5) is 0. The van der Waals surface area contributed by atoms with Crippen molar-refractivity contribution in [3.8, 4) is 0 Å². The van der Waals surface area contributed by atoms with Crippen molar-refractivity contribution in [3.05, 3.63) is 0 Å². The molecule has 0 radical (unpaired) electrons. The van der Waals surface area contributed by atoms with Crippen molar-refractivity contribution in [3.63, 3.8) is 0 Å². The van der Waals surface area contributed by atoms with Gasteiger partial charge < -0.3 is 14.2 Å². The SMILES string of the molecule is CCCCCCOC(CCCC(C)CC(C)CC(C)CC(C)CC(C)CC(C)CCCI)OC(CCCC(C)CC(C)CC(C)CC(C)CC(C)CC(C)CCCI)OCCCCCC. The van der Waals surface area contributed by atoms with Gasteiger partial charge in [0.25, 0.3) is 0 Å². The molecule has 0 N–H and O–H groups in total. The zero-order valence-electron chi connectivity index (χ0n) is 46.7. The van der Waals surface area contributed by atoms with Crippen LogP contribution < -0.4 is 0 Å². The number of rotatable bonds is 48. The molecule has 0 aliphatic rings. The van der Waals surface area contributed by atoms with E-state index in [9.17, 15) is 0 Å². The maximum Gasteiger partial charge on any atom is 0.160 e. The summed E-state index contributed by atoms with van der Waals surface area (Å²) >= 11 is 5.06. The van der Waals surface area contributed by atoms with Gasteiger partial charge in [0.05, 0.1) is 0 Å². The Bertz CT molecular complexity index is 919. The lowest BCUT2D eigenvalue weighted by Gasteiger charge is -2.27. The molecule has 0 fully saturated rings. The molecule has 0 heterocycles. The second kappa shape index (κ2) is 44.1. The molecule has 5 heteroatoms. The molecule has 3 nitrogen and oxygen atoms in total. The minimum atomic E-state index is -0.159. The lowest BCUT2D eigenvalue weighted by Crippen LogP contribution is -2.28. The molecule has 0 aliphatic heterocycles. The van der Waals surface area contributed by atoms with Gasteiger partial charge in [0.2, 0.25) is 0 Å². The predicted octanol–water partition coefficient (Wildman–Crippen LogP) is 21.2. The lowest BCUT2D eigenvalue weighted by atomic mass is 9.81. The van der Waals surface area contributed by atoms with Crippen molar-refractivity contribution in [1.82, 2.24) is 0 Å². The standard InChI is InChI=1S/C60H120I2O3/c1-15-17-19-21-35-63-59(31-23-27-47(3)37-51(7)41-55(11)45-57(13)43-53(9)39-49(5)29-25-33-61)65-60(64-36-22-20-18-16-2)32-24-28-48(4)38-52(8)42-56(12)46-58(14)44-54(10)40-50(6)30-26-34-62/h47-60H,15-46H2,1-14H3. The van der Waals surface area contributed by atoms with Gasteiger partial charge >= 0.3 is 0 Å². The van der Waals surface area contributed by atoms with Crippen LogP contribution in [0, 0.1) is 71.0 Å². The summed E-state index contributed by atoms with van der Waals surface area (Å²) in [5.41, 5.74) is 0. The van der Waals surface area contributed by atoms with Gasteiger partial charge in [0, 0.05) is 13.2 Å². The molecule has 0 amide bonds. The highest BCUT2D eigenvalue weighted by atomic mass is 127. The first-order valence-electron chi connectivity index (χ1n) is 29.0. The van der Waals surface area contributed by atoms with Crippen molar-refractivity contribution >= 4 is 45.2 Å². The summed E-state index contributed by atoms with van der Waals surface area (Å²) in [6.07, 6.45) is 35.7. The average Bonchev–Trinajstić information content (AvgIpc) is 3.20. The van der Waals surface area contributed by atoms with Crippen molar-refractivity contribution in [1.29, 1.82) is 0 Å². The Kier molecular flexibility index (Phi) is 45.0. The molecule has 392 valence electrons. The van der Waals surface area contributed by atoms with Crippen molar-refractivity contribution in [2.75, 3.05) is 22.1 Å². The van der Waals surface area contributed by atoms with Crippen LogP contribution in [0.5, 0.6) is 0 Å². The molecular formula is C60H120I2O3. The molecule has 0 saturated carbocycles. The zero-order valence-corrected chi connectivity index (χ0v) is 51.0. The van der Waals surface area contributed by atoms with Crippen molar-refractivity contribution in [2.45, 2.75) is 289 Å². The van der Waals surface area contributed by atoms with E-state index in [2.05, 4.69) is 142 Å². The van der Waals surface area contributed by atoms with Crippen LogP contribution in [0.1, 0.15) is 277 Å². The molecule has 0 aromatic heterocycles. The van der Waals surface area contributed by atoms with Gasteiger partial charge in [-0.1, -0.05) is 193 Å². The van der Waals surface area contributed by atoms with Gasteiger partial charge in [0.15, 0.2) is 12.6 Å². The number of ether oxygens (including phenoxy) is 3. The van der Waals surface area contributed by atoms with E-state index in [1.807, 2.05) is 0 Å². The van der Waals surface area contributed by atoms with E-state index in [0.717, 1.165) is 110 Å². The van der Waals surface area contributed by atoms with Crippen LogP contribution in [0.15, 0.2) is 0 Å². The molecule has 0 aromatic rings. The highest BCUT2D eigenvalue weighted by Crippen LogP contribution is 2.32. The molecule has 0 aromatic carbocycles. The number of alkyl halides is 2. The molecule has 0 rings (SSSR count). The zero-order chi connectivity index (χ0) is 48.8. The summed E-state index contributed by atoms with van der Waals surface area (Å²) in [7, 11) is 0. The van der Waals surface area contributed by atoms with Gasteiger partial charge in [-0.2, -0.15) is 0 Å². The average molecular weight is 1140 g/mol. The molecule has 0 saturated heterocycles. The Morgan fingerprint density at radius 3 is 0.769 bits per heavy atom. The second-order valence-corrected chi connectivity index (χ2v) is 26.2. The number of unbranched alkanes of at least 4 members (excludes halogenated alkanes) is 6. The van der Waals surface area contributed by atoms with Crippen molar-refractivity contribution < 1.29 is 14.2 Å². The van der Waals surface area contributed by atoms with Gasteiger partial charge in [0.1, 0.15) is 0 Å². The highest BCUT2D eigenvalue weighted by Gasteiger charge is 2.22. The highest BCUT2D eigenvalue weighted by molar-refractivity contribution is 14.1. The smallest absolute Gasteiger partial charge is 0.160 e. The number of hydrogen-bond acceptors (Lipinski definition) is 3. The summed E-state index contributed by atoms with van der Waals surface area (Å²) < 4.78 is 22.6. The van der Waals surface area contributed by atoms with Gasteiger partial charge in [-0.05, 0) is 208 Å². The molecule has 14 unspecified atom stereocenters. The van der Waals surface area contributed by atoms with Crippen LogP contribution >= 0.6 is 45.2 Å². The van der Waals surface area contributed by atoms with Crippen LogP contribution in [0.25, 0.3) is 0 Å². The third-order valence-corrected chi connectivity index (χ3v) is 16.4. The monoisotopic (exact) mass is 1140 g/mol. The van der Waals surface area contributed by atoms with E-state index in [4.69, 9.17) is 14.2 Å². The minimum Gasteiger partial charge on any atom is -0.353 e. The van der Waals surface area contributed by atoms with Crippen LogP contribution in [0.2, 0.25) is 0 Å². The van der Waals surface area contributed by atoms with Gasteiger partial charge in [-0.3, -0.25) is 0 Å². The maximum absolute atomic E-state index is 6.85. The van der Waals surface area contributed by atoms with E-state index in [1.54, 1.807) is 0 Å². The molecule has 0 bridgehead atoms. The van der Waals surface area contributed by atoms with Crippen LogP contribution in [-0.4, -0.2) is 34.6 Å². The van der Waals surface area contributed by atoms with E-state index >= 15 is 0 Å². The first-order valence-corrected chi connectivity index (χ1v) is 32.1. The van der Waals surface area contributed by atoms with Crippen LogP contribution in [0.4, 0.5) is 0 Å². The molecule has 0 spiro atoms. The maximum atomic E-state index is 6.85. The number of hydrogen-bond donors (Lipinski definition) is 0. The summed E-state index contributed by atoms with van der Waals surface area (Å²) in [6, 6.07) is 0. The topological polar surface area (TPSA) is 27.7 Å². The first-order chi connectivity index (χ1) is 31.0. The van der Waals surface area contributed by atoms with E-state index in [1.165, 1.54) is 163 Å². The van der Waals surface area contributed by atoms with E-state index in [-0.39, 0.29) is 12.6 Å². The molecular weight excluding hydrogens is 1020 g/mol. The van der Waals surface area contributed by atoms with Gasteiger partial charge in [-0.15, -0.1) is 0 Å². The van der Waals surface area contributed by atoms with E-state index in [0.29, 0.717) is 0 Å². The molecule has 14 atom stereocenters. The fourth-order valence-electron chi connectivity index (χ4n) is 12.3.